The number of ether oxygens (including phenoxy) is 2. The fourth-order valence-electron chi connectivity index (χ4n) is 1.59. The maximum Gasteiger partial charge on any atom is 0.260 e. The number of aliphatic imine (C=N–C) groups is 1. The van der Waals surface area contributed by atoms with E-state index in [1.54, 1.807) is 0 Å². The van der Waals surface area contributed by atoms with E-state index < -0.39 is 6.29 Å². The Labute approximate surface area is 94.1 Å². The lowest BCUT2D eigenvalue weighted by atomic mass is 10.1. The van der Waals surface area contributed by atoms with Crippen molar-refractivity contribution in [3.8, 4) is 11.5 Å². The van der Waals surface area contributed by atoms with Gasteiger partial charge in [-0.3, -0.25) is 0 Å². The fourth-order valence-corrected chi connectivity index (χ4v) is 1.59. The van der Waals surface area contributed by atoms with Crippen LogP contribution in [-0.4, -0.2) is 18.8 Å². The van der Waals surface area contributed by atoms with Crippen molar-refractivity contribution in [1.29, 1.82) is 0 Å². The molecule has 0 unspecified atom stereocenters. The van der Waals surface area contributed by atoms with Gasteiger partial charge in [-0.05, 0) is 25.0 Å². The number of benzene rings is 1. The predicted molar refractivity (Wildman–Crippen MR) is 61.6 cm³/mol. The maximum absolute atomic E-state index is 5.63. The average Bonchev–Trinajstić information content (AvgIpc) is 2.66. The molecule has 0 spiro atoms. The summed E-state index contributed by atoms with van der Waals surface area (Å²) >= 11 is 0. The number of hydrogen-bond acceptors (Lipinski definition) is 3. The molecule has 86 valence electrons. The standard InChI is InChI=1S/C11H15N3O2/c1-6-3-4-7(2)10-9(6)15-8(16-10)5-14-11(12)13/h3-4,8H,5H2,1-2H3,(H4,12,13,14). The van der Waals surface area contributed by atoms with Crippen molar-refractivity contribution < 1.29 is 9.47 Å². The molecule has 0 radical (unpaired) electrons. The largest absolute Gasteiger partial charge is 0.449 e. The molecule has 0 saturated carbocycles. The second-order valence-corrected chi connectivity index (χ2v) is 3.79. The molecule has 1 heterocycles. The Morgan fingerprint density at radius 1 is 1.19 bits per heavy atom. The Balaban J connectivity index is 2.18. The lowest BCUT2D eigenvalue weighted by molar-refractivity contribution is 0.0578. The van der Waals surface area contributed by atoms with Crippen LogP contribution in [0.3, 0.4) is 0 Å². The van der Waals surface area contributed by atoms with Gasteiger partial charge in [0.2, 0.25) is 0 Å². The molecule has 2 rings (SSSR count). The summed E-state index contributed by atoms with van der Waals surface area (Å²) in [7, 11) is 0. The third-order valence-electron chi connectivity index (χ3n) is 2.43. The monoisotopic (exact) mass is 221 g/mol. The minimum Gasteiger partial charge on any atom is -0.449 e. The highest BCUT2D eigenvalue weighted by Crippen LogP contribution is 2.40. The van der Waals surface area contributed by atoms with E-state index in [2.05, 4.69) is 4.99 Å². The van der Waals surface area contributed by atoms with E-state index in [9.17, 15) is 0 Å². The van der Waals surface area contributed by atoms with E-state index in [0.717, 1.165) is 22.6 Å². The summed E-state index contributed by atoms with van der Waals surface area (Å²) in [6, 6.07) is 4.00. The van der Waals surface area contributed by atoms with E-state index >= 15 is 0 Å². The second-order valence-electron chi connectivity index (χ2n) is 3.79. The lowest BCUT2D eigenvalue weighted by Gasteiger charge is -2.06. The van der Waals surface area contributed by atoms with Crippen LogP contribution in [0.4, 0.5) is 0 Å². The topological polar surface area (TPSA) is 82.9 Å². The van der Waals surface area contributed by atoms with Crippen LogP contribution in [0.1, 0.15) is 11.1 Å². The van der Waals surface area contributed by atoms with Crippen LogP contribution in [0.15, 0.2) is 17.1 Å². The molecule has 1 aliphatic rings. The first-order valence-corrected chi connectivity index (χ1v) is 5.07. The van der Waals surface area contributed by atoms with Crippen LogP contribution < -0.4 is 20.9 Å². The van der Waals surface area contributed by atoms with E-state index in [4.69, 9.17) is 20.9 Å². The highest BCUT2D eigenvalue weighted by Gasteiger charge is 2.26. The van der Waals surface area contributed by atoms with Gasteiger partial charge in [-0.2, -0.15) is 0 Å². The van der Waals surface area contributed by atoms with E-state index in [1.165, 1.54) is 0 Å². The Morgan fingerprint density at radius 2 is 1.69 bits per heavy atom. The Morgan fingerprint density at radius 3 is 2.12 bits per heavy atom. The highest BCUT2D eigenvalue weighted by molar-refractivity contribution is 5.75. The molecule has 16 heavy (non-hydrogen) atoms. The fraction of sp³-hybridized carbons (Fsp3) is 0.364. The van der Waals surface area contributed by atoms with Gasteiger partial charge in [0.15, 0.2) is 17.5 Å². The zero-order valence-corrected chi connectivity index (χ0v) is 9.36. The lowest BCUT2D eigenvalue weighted by Crippen LogP contribution is -2.28. The summed E-state index contributed by atoms with van der Waals surface area (Å²) < 4.78 is 11.3. The molecule has 0 aliphatic carbocycles. The summed E-state index contributed by atoms with van der Waals surface area (Å²) in [5.41, 5.74) is 12.6. The van der Waals surface area contributed by atoms with Crippen molar-refractivity contribution in [3.63, 3.8) is 0 Å². The van der Waals surface area contributed by atoms with Crippen LogP contribution in [0.5, 0.6) is 11.5 Å². The minimum atomic E-state index is -0.433. The summed E-state index contributed by atoms with van der Waals surface area (Å²) in [5.74, 6) is 1.61. The molecule has 0 atom stereocenters. The Kier molecular flexibility index (Phi) is 2.60. The predicted octanol–water partition coefficient (Wildman–Crippen LogP) is 0.674. The molecule has 0 amide bonds. The van der Waals surface area contributed by atoms with Gasteiger partial charge in [0, 0.05) is 0 Å². The van der Waals surface area contributed by atoms with Gasteiger partial charge in [0.1, 0.15) is 6.54 Å². The molecule has 0 fully saturated rings. The van der Waals surface area contributed by atoms with Crippen molar-refractivity contribution in [1.82, 2.24) is 0 Å². The van der Waals surface area contributed by atoms with Crippen molar-refractivity contribution in [2.45, 2.75) is 20.1 Å². The summed E-state index contributed by atoms with van der Waals surface area (Å²) in [4.78, 5) is 3.87. The molecule has 0 bridgehead atoms. The molecule has 1 aliphatic heterocycles. The maximum atomic E-state index is 5.63. The summed E-state index contributed by atoms with van der Waals surface area (Å²) in [5, 5.41) is 0. The van der Waals surface area contributed by atoms with E-state index in [-0.39, 0.29) is 5.96 Å². The first-order valence-electron chi connectivity index (χ1n) is 5.07. The molecule has 0 aromatic heterocycles. The van der Waals surface area contributed by atoms with E-state index in [1.807, 2.05) is 26.0 Å². The number of rotatable bonds is 2. The third-order valence-corrected chi connectivity index (χ3v) is 2.43. The zero-order chi connectivity index (χ0) is 11.7. The minimum absolute atomic E-state index is 0.0385. The second kappa shape index (κ2) is 3.92. The molecular weight excluding hydrogens is 206 g/mol. The van der Waals surface area contributed by atoms with Crippen molar-refractivity contribution >= 4 is 5.96 Å². The number of fused-ring (bicyclic) bond motifs is 1. The van der Waals surface area contributed by atoms with Crippen LogP contribution in [0, 0.1) is 13.8 Å². The van der Waals surface area contributed by atoms with Crippen molar-refractivity contribution in [2.24, 2.45) is 16.5 Å². The molecule has 0 saturated heterocycles. The Hall–Kier alpha value is -1.91. The van der Waals surface area contributed by atoms with Gasteiger partial charge in [-0.25, -0.2) is 4.99 Å². The summed E-state index contributed by atoms with van der Waals surface area (Å²) in [6.45, 7) is 4.26. The van der Waals surface area contributed by atoms with Gasteiger partial charge < -0.3 is 20.9 Å². The SMILES string of the molecule is Cc1ccc(C)c2c1OC(CN=C(N)N)O2. The van der Waals surface area contributed by atoms with Gasteiger partial charge in [-0.1, -0.05) is 12.1 Å². The van der Waals surface area contributed by atoms with Crippen LogP contribution in [0.2, 0.25) is 0 Å². The first-order chi connectivity index (χ1) is 7.58. The quantitative estimate of drug-likeness (QED) is 0.568. The van der Waals surface area contributed by atoms with E-state index in [0.29, 0.717) is 6.54 Å². The Bertz CT molecular complexity index is 408. The highest BCUT2D eigenvalue weighted by atomic mass is 16.7. The van der Waals surface area contributed by atoms with Gasteiger partial charge in [0.05, 0.1) is 0 Å². The van der Waals surface area contributed by atoms with Gasteiger partial charge in [0.25, 0.3) is 6.29 Å². The number of aryl methyl sites for hydroxylation is 2. The van der Waals surface area contributed by atoms with Gasteiger partial charge >= 0.3 is 0 Å². The van der Waals surface area contributed by atoms with Crippen LogP contribution in [-0.2, 0) is 0 Å². The normalized spacial score (nSPS) is 13.9. The number of nitrogens with zero attached hydrogens (tertiary/aromatic N) is 1. The molecule has 5 nitrogen and oxygen atoms in total. The van der Waals surface area contributed by atoms with Gasteiger partial charge in [-0.15, -0.1) is 0 Å². The zero-order valence-electron chi connectivity index (χ0n) is 9.36. The molecular formula is C11H15N3O2. The molecule has 1 aromatic carbocycles. The average molecular weight is 221 g/mol. The first kappa shape index (κ1) is 10.6. The third kappa shape index (κ3) is 1.88. The van der Waals surface area contributed by atoms with Crippen LogP contribution in [0.25, 0.3) is 0 Å². The van der Waals surface area contributed by atoms with Crippen molar-refractivity contribution in [2.75, 3.05) is 6.54 Å². The molecule has 4 N–H and O–H groups in total. The number of nitrogens with two attached hydrogens (primary N) is 2. The van der Waals surface area contributed by atoms with Crippen molar-refractivity contribution in [3.05, 3.63) is 23.3 Å². The summed E-state index contributed by atoms with van der Waals surface area (Å²) in [6.07, 6.45) is -0.433. The molecule has 5 heteroatoms. The smallest absolute Gasteiger partial charge is 0.260 e. The molecule has 1 aromatic rings. The van der Waals surface area contributed by atoms with Crippen LogP contribution >= 0.6 is 0 Å². The number of guanidine groups is 1. The number of hydrogen-bond donors (Lipinski definition) is 2.